The van der Waals surface area contributed by atoms with Crippen LogP contribution in [0, 0.1) is 11.8 Å². The number of nitrogens with zero attached hydrogens (tertiary/aromatic N) is 3. The minimum atomic E-state index is -0.0282. The highest BCUT2D eigenvalue weighted by molar-refractivity contribution is 5.77. The lowest BCUT2D eigenvalue weighted by Crippen LogP contribution is -2.45. The number of carbonyl (C=O) groups is 2. The number of amides is 2. The van der Waals surface area contributed by atoms with E-state index in [1.807, 2.05) is 23.6 Å². The molecule has 6 nitrogen and oxygen atoms in total. The van der Waals surface area contributed by atoms with Crippen molar-refractivity contribution in [2.24, 2.45) is 11.8 Å². The standard InChI is InChI=1S/C22H37N3O3/c1-3-23(4-2)21(27)13-19-22-16(12-20(26)24-10-5-6-11-24)14-25(17-8-7-9-17)18(22)15-28-19/h16-19,22H,3-15H2,1-2H3/t16-,18-,19+,22-/m1/s1. The second kappa shape index (κ2) is 8.70. The van der Waals surface area contributed by atoms with Gasteiger partial charge in [0.1, 0.15) is 0 Å². The van der Waals surface area contributed by atoms with Crippen molar-refractivity contribution < 1.29 is 14.3 Å². The fourth-order valence-corrected chi connectivity index (χ4v) is 5.89. The van der Waals surface area contributed by atoms with Gasteiger partial charge >= 0.3 is 0 Å². The highest BCUT2D eigenvalue weighted by atomic mass is 16.5. The summed E-state index contributed by atoms with van der Waals surface area (Å²) in [6, 6.07) is 1.07. The van der Waals surface area contributed by atoms with Crippen LogP contribution < -0.4 is 0 Å². The molecule has 4 aliphatic rings. The van der Waals surface area contributed by atoms with Crippen LogP contribution in [0.15, 0.2) is 0 Å². The second-order valence-corrected chi connectivity index (χ2v) is 9.12. The van der Waals surface area contributed by atoms with Gasteiger partial charge in [-0.25, -0.2) is 0 Å². The first-order chi connectivity index (χ1) is 13.6. The number of carbonyl (C=O) groups excluding carboxylic acids is 2. The molecule has 1 aliphatic carbocycles. The van der Waals surface area contributed by atoms with Gasteiger partial charge in [-0.3, -0.25) is 14.5 Å². The van der Waals surface area contributed by atoms with Crippen LogP contribution in [0.1, 0.15) is 58.8 Å². The molecule has 3 aliphatic heterocycles. The lowest BCUT2D eigenvalue weighted by molar-refractivity contribution is -0.134. The summed E-state index contributed by atoms with van der Waals surface area (Å²) < 4.78 is 6.20. The fraction of sp³-hybridized carbons (Fsp3) is 0.909. The summed E-state index contributed by atoms with van der Waals surface area (Å²) >= 11 is 0. The average Bonchev–Trinajstić information content (AvgIpc) is 3.35. The van der Waals surface area contributed by atoms with Gasteiger partial charge in [-0.15, -0.1) is 0 Å². The fourth-order valence-electron chi connectivity index (χ4n) is 5.89. The van der Waals surface area contributed by atoms with Crippen molar-refractivity contribution in [3.63, 3.8) is 0 Å². The molecule has 0 N–H and O–H groups in total. The number of hydrogen-bond donors (Lipinski definition) is 0. The van der Waals surface area contributed by atoms with E-state index in [1.165, 1.54) is 19.3 Å². The van der Waals surface area contributed by atoms with Gasteiger partial charge in [-0.2, -0.15) is 0 Å². The van der Waals surface area contributed by atoms with Crippen LogP contribution in [0.4, 0.5) is 0 Å². The summed E-state index contributed by atoms with van der Waals surface area (Å²) in [6.45, 7) is 9.15. The Balaban J connectivity index is 1.46. The first-order valence-corrected chi connectivity index (χ1v) is 11.5. The molecule has 0 aromatic carbocycles. The zero-order valence-corrected chi connectivity index (χ0v) is 17.6. The van der Waals surface area contributed by atoms with Crippen LogP contribution >= 0.6 is 0 Å². The molecule has 0 bridgehead atoms. The Labute approximate surface area is 169 Å². The highest BCUT2D eigenvalue weighted by Gasteiger charge is 2.53. The molecule has 0 aromatic heterocycles. The molecule has 0 unspecified atom stereocenters. The summed E-state index contributed by atoms with van der Waals surface area (Å²) in [5.41, 5.74) is 0. The van der Waals surface area contributed by atoms with Crippen molar-refractivity contribution in [3.05, 3.63) is 0 Å². The zero-order chi connectivity index (χ0) is 19.7. The van der Waals surface area contributed by atoms with Gasteiger partial charge in [-0.1, -0.05) is 6.42 Å². The lowest BCUT2D eigenvalue weighted by atomic mass is 9.83. The van der Waals surface area contributed by atoms with Crippen molar-refractivity contribution in [3.8, 4) is 0 Å². The van der Waals surface area contributed by atoms with Crippen molar-refractivity contribution >= 4 is 11.8 Å². The summed E-state index contributed by atoms with van der Waals surface area (Å²) in [6.07, 6.45) is 7.22. The summed E-state index contributed by atoms with van der Waals surface area (Å²) in [4.78, 5) is 32.2. The number of rotatable bonds is 7. The van der Waals surface area contributed by atoms with Crippen molar-refractivity contribution in [1.82, 2.24) is 14.7 Å². The molecular formula is C22H37N3O3. The monoisotopic (exact) mass is 391 g/mol. The Hall–Kier alpha value is -1.14. The third kappa shape index (κ3) is 3.82. The quantitative estimate of drug-likeness (QED) is 0.667. The van der Waals surface area contributed by atoms with Gasteiger partial charge < -0.3 is 14.5 Å². The number of hydrogen-bond acceptors (Lipinski definition) is 4. The number of fused-ring (bicyclic) bond motifs is 1. The lowest BCUT2D eigenvalue weighted by Gasteiger charge is -2.38. The Morgan fingerprint density at radius 2 is 1.75 bits per heavy atom. The van der Waals surface area contributed by atoms with Gasteiger partial charge in [0.05, 0.1) is 19.1 Å². The average molecular weight is 392 g/mol. The molecule has 6 heteroatoms. The van der Waals surface area contributed by atoms with E-state index in [9.17, 15) is 9.59 Å². The Morgan fingerprint density at radius 1 is 1.04 bits per heavy atom. The molecule has 158 valence electrons. The van der Waals surface area contributed by atoms with Crippen LogP contribution in [0.2, 0.25) is 0 Å². The van der Waals surface area contributed by atoms with E-state index in [4.69, 9.17) is 4.74 Å². The molecule has 0 spiro atoms. The minimum Gasteiger partial charge on any atom is -0.376 e. The summed E-state index contributed by atoms with van der Waals surface area (Å²) in [5, 5.41) is 0. The van der Waals surface area contributed by atoms with E-state index < -0.39 is 0 Å². The largest absolute Gasteiger partial charge is 0.376 e. The number of ether oxygens (including phenoxy) is 1. The van der Waals surface area contributed by atoms with Gasteiger partial charge in [0.25, 0.3) is 0 Å². The topological polar surface area (TPSA) is 53.1 Å². The molecule has 28 heavy (non-hydrogen) atoms. The molecule has 2 amide bonds. The van der Waals surface area contributed by atoms with E-state index in [0.717, 1.165) is 52.2 Å². The molecule has 0 radical (unpaired) electrons. The normalized spacial score (nSPS) is 33.1. The first kappa shape index (κ1) is 20.1. The van der Waals surface area contributed by atoms with Crippen LogP contribution in [0.5, 0.6) is 0 Å². The Bertz CT molecular complexity index is 569. The van der Waals surface area contributed by atoms with E-state index in [0.29, 0.717) is 42.7 Å². The van der Waals surface area contributed by atoms with Gasteiger partial charge in [0.15, 0.2) is 0 Å². The molecule has 3 saturated heterocycles. The maximum atomic E-state index is 12.9. The maximum absolute atomic E-state index is 12.9. The minimum absolute atomic E-state index is 0.0282. The predicted molar refractivity (Wildman–Crippen MR) is 108 cm³/mol. The highest BCUT2D eigenvalue weighted by Crippen LogP contribution is 2.45. The predicted octanol–water partition coefficient (Wildman–Crippen LogP) is 2.13. The van der Waals surface area contributed by atoms with Gasteiger partial charge in [0, 0.05) is 57.1 Å². The van der Waals surface area contributed by atoms with Crippen molar-refractivity contribution in [1.29, 1.82) is 0 Å². The molecule has 3 heterocycles. The summed E-state index contributed by atoms with van der Waals surface area (Å²) in [5.74, 6) is 1.17. The zero-order valence-electron chi connectivity index (χ0n) is 17.6. The van der Waals surface area contributed by atoms with Crippen LogP contribution in [0.25, 0.3) is 0 Å². The van der Waals surface area contributed by atoms with Crippen molar-refractivity contribution in [2.75, 3.05) is 39.3 Å². The molecule has 1 saturated carbocycles. The smallest absolute Gasteiger partial charge is 0.225 e. The number of likely N-dealkylation sites (tertiary alicyclic amines) is 2. The third-order valence-electron chi connectivity index (χ3n) is 7.70. The molecule has 4 fully saturated rings. The van der Waals surface area contributed by atoms with E-state index in [1.54, 1.807) is 0 Å². The summed E-state index contributed by atoms with van der Waals surface area (Å²) in [7, 11) is 0. The third-order valence-corrected chi connectivity index (χ3v) is 7.70. The van der Waals surface area contributed by atoms with Crippen LogP contribution in [-0.4, -0.2) is 84.0 Å². The molecule has 0 aromatic rings. The Morgan fingerprint density at radius 3 is 2.36 bits per heavy atom. The SMILES string of the molecule is CCN(CC)C(=O)C[C@@H]1OC[C@@H]2[C@H]1[C@H](CC(=O)N1CCCC1)CN2C1CCC1. The van der Waals surface area contributed by atoms with E-state index in [-0.39, 0.29) is 12.0 Å². The molecule has 4 atom stereocenters. The first-order valence-electron chi connectivity index (χ1n) is 11.5. The Kier molecular flexibility index (Phi) is 6.26. The van der Waals surface area contributed by atoms with E-state index >= 15 is 0 Å². The second-order valence-electron chi connectivity index (χ2n) is 9.12. The van der Waals surface area contributed by atoms with E-state index in [2.05, 4.69) is 4.90 Å². The van der Waals surface area contributed by atoms with Crippen molar-refractivity contribution in [2.45, 2.75) is 77.0 Å². The molecule has 4 rings (SSSR count). The van der Waals surface area contributed by atoms with Gasteiger partial charge in [0.2, 0.25) is 11.8 Å². The maximum Gasteiger partial charge on any atom is 0.225 e. The van der Waals surface area contributed by atoms with Crippen LogP contribution in [-0.2, 0) is 14.3 Å². The van der Waals surface area contributed by atoms with Crippen LogP contribution in [0.3, 0.4) is 0 Å². The van der Waals surface area contributed by atoms with Gasteiger partial charge in [-0.05, 0) is 45.4 Å². The molecular weight excluding hydrogens is 354 g/mol.